The third kappa shape index (κ3) is 5.34. The molecule has 5 nitrogen and oxygen atoms in total. The number of benzene rings is 1. The number of hydrogen-bond acceptors (Lipinski definition) is 5. The van der Waals surface area contributed by atoms with E-state index >= 15 is 0 Å². The molecule has 132 valence electrons. The minimum atomic E-state index is -3.31. The number of rotatable bonds is 9. The highest BCUT2D eigenvalue weighted by Crippen LogP contribution is 2.35. The second-order valence-corrected chi connectivity index (χ2v) is 5.78. The molecule has 0 unspecified atom stereocenters. The summed E-state index contributed by atoms with van der Waals surface area (Å²) in [4.78, 5) is 0. The topological polar surface area (TPSA) is 90.2 Å². The van der Waals surface area contributed by atoms with Gasteiger partial charge in [0.1, 0.15) is 18.3 Å². The molecule has 0 aliphatic rings. The molecule has 8 heteroatoms. The molecule has 0 heterocycles. The average Bonchev–Trinajstić information content (AvgIpc) is 2.54. The Morgan fingerprint density at radius 3 is 2.13 bits per heavy atom. The van der Waals surface area contributed by atoms with Crippen LogP contribution in [-0.4, -0.2) is 63.9 Å². The molecule has 0 aromatic heterocycles. The zero-order chi connectivity index (χ0) is 17.6. The molecule has 0 bridgehead atoms. The van der Waals surface area contributed by atoms with Crippen LogP contribution in [0.25, 0.3) is 0 Å². The Morgan fingerprint density at radius 1 is 1.09 bits per heavy atom. The van der Waals surface area contributed by atoms with E-state index in [1.165, 1.54) is 31.4 Å². The summed E-state index contributed by atoms with van der Waals surface area (Å²) in [7, 11) is 1.19. The lowest BCUT2D eigenvalue weighted by atomic mass is 9.95. The van der Waals surface area contributed by atoms with Gasteiger partial charge in [-0.2, -0.15) is 0 Å². The van der Waals surface area contributed by atoms with Gasteiger partial charge in [0.15, 0.2) is 0 Å². The second kappa shape index (κ2) is 8.86. The van der Waals surface area contributed by atoms with Gasteiger partial charge in [0.05, 0.1) is 18.1 Å². The Morgan fingerprint density at radius 2 is 1.65 bits per heavy atom. The van der Waals surface area contributed by atoms with Crippen LogP contribution in [0.1, 0.15) is 12.0 Å². The predicted molar refractivity (Wildman–Crippen MR) is 80.5 cm³/mol. The van der Waals surface area contributed by atoms with Gasteiger partial charge < -0.3 is 25.2 Å². The standard InChI is InChI=1S/C15H21ClF2O5/c1-23-11(8-19)13(21)14(22)12(20)10(16)7-15(17,18)9-5-3-2-4-6-9/h2-6,10-14,19-22H,7-8H2,1H3/t10-,11+,12-,13+,14+/m0/s1. The minimum absolute atomic E-state index is 0.266. The van der Waals surface area contributed by atoms with Crippen molar-refractivity contribution in [2.75, 3.05) is 13.7 Å². The Hall–Kier alpha value is -0.830. The Labute approximate surface area is 138 Å². The summed E-state index contributed by atoms with van der Waals surface area (Å²) in [5.74, 6) is -3.31. The van der Waals surface area contributed by atoms with Crippen LogP contribution < -0.4 is 0 Å². The molecule has 1 aromatic rings. The fourth-order valence-corrected chi connectivity index (χ4v) is 2.47. The SMILES string of the molecule is CO[C@H](CO)[C@@H](O)[C@H](O)[C@@H](O)[C@@H](Cl)CC(F)(F)c1ccccc1. The van der Waals surface area contributed by atoms with Crippen molar-refractivity contribution in [3.05, 3.63) is 35.9 Å². The Balaban J connectivity index is 2.74. The van der Waals surface area contributed by atoms with Crippen molar-refractivity contribution in [1.29, 1.82) is 0 Å². The van der Waals surface area contributed by atoms with E-state index in [1.807, 2.05) is 0 Å². The molecule has 0 spiro atoms. The molecule has 0 fully saturated rings. The lowest BCUT2D eigenvalue weighted by Crippen LogP contribution is -2.50. The first-order valence-corrected chi connectivity index (χ1v) is 7.43. The molecule has 4 N–H and O–H groups in total. The average molecular weight is 355 g/mol. The molecule has 23 heavy (non-hydrogen) atoms. The zero-order valence-electron chi connectivity index (χ0n) is 12.5. The van der Waals surface area contributed by atoms with Crippen molar-refractivity contribution in [3.63, 3.8) is 0 Å². The maximum atomic E-state index is 14.1. The van der Waals surface area contributed by atoms with Crippen molar-refractivity contribution in [3.8, 4) is 0 Å². The summed E-state index contributed by atoms with van der Waals surface area (Å²) in [6.45, 7) is -0.616. The lowest BCUT2D eigenvalue weighted by molar-refractivity contribution is -0.130. The van der Waals surface area contributed by atoms with Crippen LogP contribution in [0.4, 0.5) is 8.78 Å². The van der Waals surface area contributed by atoms with E-state index in [4.69, 9.17) is 21.4 Å². The number of halogens is 3. The lowest BCUT2D eigenvalue weighted by Gasteiger charge is -2.31. The van der Waals surface area contributed by atoms with E-state index in [-0.39, 0.29) is 5.56 Å². The van der Waals surface area contributed by atoms with Gasteiger partial charge in [-0.3, -0.25) is 0 Å². The smallest absolute Gasteiger partial charge is 0.274 e. The van der Waals surface area contributed by atoms with E-state index in [1.54, 1.807) is 6.07 Å². The molecule has 0 saturated carbocycles. The summed E-state index contributed by atoms with van der Waals surface area (Å²) in [5.41, 5.74) is -0.266. The highest BCUT2D eigenvalue weighted by molar-refractivity contribution is 6.21. The molecule has 0 radical (unpaired) electrons. The summed E-state index contributed by atoms with van der Waals surface area (Å²) in [6.07, 6.45) is -7.45. The molecule has 5 atom stereocenters. The van der Waals surface area contributed by atoms with Gasteiger partial charge in [-0.1, -0.05) is 30.3 Å². The summed E-state index contributed by atoms with van der Waals surface area (Å²) < 4.78 is 33.0. The highest BCUT2D eigenvalue weighted by atomic mass is 35.5. The van der Waals surface area contributed by atoms with Crippen LogP contribution in [-0.2, 0) is 10.7 Å². The van der Waals surface area contributed by atoms with Crippen LogP contribution in [0.5, 0.6) is 0 Å². The van der Waals surface area contributed by atoms with E-state index in [0.29, 0.717) is 0 Å². The first kappa shape index (κ1) is 20.2. The van der Waals surface area contributed by atoms with Crippen LogP contribution >= 0.6 is 11.6 Å². The molecule has 0 saturated heterocycles. The number of alkyl halides is 3. The molecule has 0 aliphatic carbocycles. The number of hydrogen-bond donors (Lipinski definition) is 4. The van der Waals surface area contributed by atoms with Gasteiger partial charge in [0.25, 0.3) is 5.92 Å². The van der Waals surface area contributed by atoms with Crippen molar-refractivity contribution in [2.24, 2.45) is 0 Å². The predicted octanol–water partition coefficient (Wildman–Crippen LogP) is 0.866. The summed E-state index contributed by atoms with van der Waals surface area (Å²) >= 11 is 5.79. The van der Waals surface area contributed by atoms with Gasteiger partial charge in [-0.05, 0) is 0 Å². The molecular formula is C15H21ClF2O5. The van der Waals surface area contributed by atoms with E-state index in [0.717, 1.165) is 0 Å². The number of aliphatic hydroxyl groups excluding tert-OH is 4. The van der Waals surface area contributed by atoms with E-state index < -0.39 is 48.7 Å². The summed E-state index contributed by atoms with van der Waals surface area (Å²) in [5, 5.41) is 36.9. The first-order valence-electron chi connectivity index (χ1n) is 7.00. The van der Waals surface area contributed by atoms with Gasteiger partial charge in [0, 0.05) is 19.1 Å². The van der Waals surface area contributed by atoms with Gasteiger partial charge in [-0.15, -0.1) is 11.6 Å². The first-order chi connectivity index (χ1) is 10.7. The Bertz CT molecular complexity index is 458. The third-order valence-corrected chi connectivity index (χ3v) is 3.99. The van der Waals surface area contributed by atoms with Crippen molar-refractivity contribution in [2.45, 2.75) is 42.1 Å². The Kier molecular flexibility index (Phi) is 7.79. The highest BCUT2D eigenvalue weighted by Gasteiger charge is 2.41. The zero-order valence-corrected chi connectivity index (χ0v) is 13.3. The van der Waals surface area contributed by atoms with Crippen molar-refractivity contribution in [1.82, 2.24) is 0 Å². The second-order valence-electron chi connectivity index (χ2n) is 5.22. The molecule has 1 aromatic carbocycles. The number of methoxy groups -OCH3 is 1. The molecular weight excluding hydrogens is 334 g/mol. The summed E-state index contributed by atoms with van der Waals surface area (Å²) in [6, 6.07) is 6.95. The molecule has 0 aliphatic heterocycles. The van der Waals surface area contributed by atoms with E-state index in [9.17, 15) is 24.1 Å². The van der Waals surface area contributed by atoms with Gasteiger partial charge in [-0.25, -0.2) is 8.78 Å². The van der Waals surface area contributed by atoms with Crippen molar-refractivity contribution >= 4 is 11.6 Å². The van der Waals surface area contributed by atoms with E-state index in [2.05, 4.69) is 0 Å². The maximum Gasteiger partial charge on any atom is 0.274 e. The van der Waals surface area contributed by atoms with Crippen molar-refractivity contribution < 1.29 is 33.9 Å². The maximum absolute atomic E-state index is 14.1. The fraction of sp³-hybridized carbons (Fsp3) is 0.600. The van der Waals surface area contributed by atoms with Gasteiger partial charge >= 0.3 is 0 Å². The number of aliphatic hydroxyl groups is 4. The molecule has 1 rings (SSSR count). The van der Waals surface area contributed by atoms with Crippen LogP contribution in [0.2, 0.25) is 0 Å². The fourth-order valence-electron chi connectivity index (χ4n) is 2.12. The molecule has 0 amide bonds. The van der Waals surface area contributed by atoms with Gasteiger partial charge in [0.2, 0.25) is 0 Å². The number of ether oxygens (including phenoxy) is 1. The van der Waals surface area contributed by atoms with Crippen LogP contribution in [0, 0.1) is 0 Å². The largest absolute Gasteiger partial charge is 0.394 e. The quantitative estimate of drug-likeness (QED) is 0.494. The third-order valence-electron chi connectivity index (χ3n) is 3.58. The monoisotopic (exact) mass is 354 g/mol. The van der Waals surface area contributed by atoms with Crippen LogP contribution in [0.15, 0.2) is 30.3 Å². The minimum Gasteiger partial charge on any atom is -0.394 e. The normalized spacial score (nSPS) is 19.0. The van der Waals surface area contributed by atoms with Crippen LogP contribution in [0.3, 0.4) is 0 Å².